The number of benzene rings is 1. The molecule has 1 unspecified atom stereocenters. The summed E-state index contributed by atoms with van der Waals surface area (Å²) in [5, 5.41) is 5.02. The van der Waals surface area contributed by atoms with Gasteiger partial charge < -0.3 is 0 Å². The topological polar surface area (TPSA) is 4.93 Å². The van der Waals surface area contributed by atoms with Crippen molar-refractivity contribution in [2.24, 2.45) is 0 Å². The average molecular weight is 287 g/mol. The van der Waals surface area contributed by atoms with E-state index in [0.717, 1.165) is 0 Å². The number of allylic oxidation sites excluding steroid dienone is 1. The van der Waals surface area contributed by atoms with Gasteiger partial charge >= 0.3 is 116 Å². The summed E-state index contributed by atoms with van der Waals surface area (Å²) >= 11 is -2.94. The number of nitrogens with zero attached hydrogens (tertiary/aromatic N) is 1. The zero-order valence-corrected chi connectivity index (χ0v) is 13.4. The fourth-order valence-electron chi connectivity index (χ4n) is 3.30. The van der Waals surface area contributed by atoms with Gasteiger partial charge in [-0.15, -0.1) is 0 Å². The Morgan fingerprint density at radius 2 is 1.74 bits per heavy atom. The molecule has 0 N–H and O–H groups in total. The molecule has 0 bridgehead atoms. The molecule has 98 valence electrons. The number of hydrogen-bond acceptors (Lipinski definition) is 0. The monoisotopic (exact) mass is 287 g/mol. The quantitative estimate of drug-likeness (QED) is 0.710. The normalized spacial score (nSPS) is 18.4. The van der Waals surface area contributed by atoms with Gasteiger partial charge in [0.15, 0.2) is 0 Å². The van der Waals surface area contributed by atoms with Crippen LogP contribution in [0.15, 0.2) is 54.9 Å². The zero-order chi connectivity index (χ0) is 13.5. The van der Waals surface area contributed by atoms with E-state index in [4.69, 9.17) is 0 Å². The summed E-state index contributed by atoms with van der Waals surface area (Å²) < 4.78 is 5.56. The summed E-state index contributed by atoms with van der Waals surface area (Å²) in [5.41, 5.74) is 2.89. The van der Waals surface area contributed by atoms with Gasteiger partial charge in [-0.05, 0) is 0 Å². The van der Waals surface area contributed by atoms with Gasteiger partial charge in [0.05, 0.1) is 0 Å². The molecule has 1 aromatic carbocycles. The molecular formula is C17H21NTi. The van der Waals surface area contributed by atoms with E-state index < -0.39 is 15.1 Å². The van der Waals surface area contributed by atoms with Gasteiger partial charge in [0.2, 0.25) is 0 Å². The third-order valence-electron chi connectivity index (χ3n) is 5.03. The Labute approximate surface area is 116 Å². The Hall–Kier alpha value is -1.18. The van der Waals surface area contributed by atoms with Crippen molar-refractivity contribution in [3.05, 3.63) is 66.0 Å². The first kappa shape index (κ1) is 12.8. The first-order chi connectivity index (χ1) is 9.05. The van der Waals surface area contributed by atoms with E-state index in [0.29, 0.717) is 4.22 Å². The molecule has 1 nitrogen and oxygen atoms in total. The van der Waals surface area contributed by atoms with Gasteiger partial charge in [-0.2, -0.15) is 0 Å². The van der Waals surface area contributed by atoms with E-state index in [-0.39, 0.29) is 0 Å². The third-order valence-corrected chi connectivity index (χ3v) is 14.5. The van der Waals surface area contributed by atoms with Crippen molar-refractivity contribution in [1.29, 1.82) is 0 Å². The van der Waals surface area contributed by atoms with Crippen LogP contribution in [-0.2, 0) is 15.1 Å². The molecule has 19 heavy (non-hydrogen) atoms. The molecule has 1 aliphatic carbocycles. The standard InChI is InChI=1S/C9H7.C4H4N.C2H4.2CH3.Ti/c1-2-5-9-7-3-6-8(9)4-1;1-2-4-5-3-1;1-2;;;/h1-7H;1-4H;1H,2H3;2*1H3;/q;-1;;;;+1. The first-order valence-electron chi connectivity index (χ1n) is 6.97. The second-order valence-corrected chi connectivity index (χ2v) is 16.9. The number of fused-ring (bicyclic) bond motifs is 1. The van der Waals surface area contributed by atoms with E-state index in [9.17, 15) is 0 Å². The first-order valence-corrected chi connectivity index (χ1v) is 12.6. The Morgan fingerprint density at radius 1 is 1.05 bits per heavy atom. The van der Waals surface area contributed by atoms with Crippen LogP contribution in [0.25, 0.3) is 6.08 Å². The fourth-order valence-corrected chi connectivity index (χ4v) is 9.51. The van der Waals surface area contributed by atoms with Crippen molar-refractivity contribution in [1.82, 2.24) is 3.05 Å². The third kappa shape index (κ3) is 1.76. The molecular weight excluding hydrogens is 266 g/mol. The molecule has 2 heteroatoms. The molecule has 1 heterocycles. The van der Waals surface area contributed by atoms with Crippen LogP contribution in [0, 0.1) is 0 Å². The Bertz CT molecular complexity index is 699. The van der Waals surface area contributed by atoms with Crippen LogP contribution in [-0.4, -0.2) is 7.36 Å². The van der Waals surface area contributed by atoms with Crippen LogP contribution in [0.2, 0.25) is 10.5 Å². The molecule has 1 aromatic heterocycles. The Balaban J connectivity index is 2.25. The van der Waals surface area contributed by atoms with Gasteiger partial charge in [0, 0.05) is 0 Å². The van der Waals surface area contributed by atoms with Crippen LogP contribution in [0.5, 0.6) is 0 Å². The minimum atomic E-state index is -2.94. The van der Waals surface area contributed by atoms with Crippen molar-refractivity contribution >= 4 is 10.4 Å². The van der Waals surface area contributed by atoms with Crippen LogP contribution in [0.1, 0.15) is 22.3 Å². The summed E-state index contributed by atoms with van der Waals surface area (Å²) in [6.45, 7) is 2.24. The van der Waals surface area contributed by atoms with Crippen LogP contribution < -0.4 is 0 Å². The Kier molecular flexibility index (Phi) is 2.81. The molecule has 0 saturated carbocycles. The van der Waals surface area contributed by atoms with E-state index >= 15 is 0 Å². The molecule has 0 saturated heterocycles. The summed E-state index contributed by atoms with van der Waals surface area (Å²) in [7, 11) is 0. The van der Waals surface area contributed by atoms with Crippen molar-refractivity contribution < 1.29 is 15.1 Å². The molecule has 0 radical (unpaired) electrons. The van der Waals surface area contributed by atoms with Gasteiger partial charge in [0.25, 0.3) is 0 Å². The molecule has 0 aliphatic heterocycles. The van der Waals surface area contributed by atoms with Crippen molar-refractivity contribution in [3.8, 4) is 0 Å². The SMILES string of the molecule is C[CH]=[Ti]([CH3])([CH3])([CH]1C=Cc2ccccc21)[n]1cccc1. The molecule has 0 spiro atoms. The summed E-state index contributed by atoms with van der Waals surface area (Å²) in [5.74, 6) is 0. The molecule has 1 atom stereocenters. The maximum atomic E-state index is 2.51. The predicted molar refractivity (Wildman–Crippen MR) is 81.5 cm³/mol. The molecule has 3 rings (SSSR count). The van der Waals surface area contributed by atoms with E-state index in [1.807, 2.05) is 0 Å². The van der Waals surface area contributed by atoms with Crippen molar-refractivity contribution in [2.75, 3.05) is 0 Å². The average Bonchev–Trinajstić information content (AvgIpc) is 3.09. The molecule has 2 aromatic rings. The van der Waals surface area contributed by atoms with Gasteiger partial charge in [-0.25, -0.2) is 0 Å². The summed E-state index contributed by atoms with van der Waals surface area (Å²) in [4.78, 5) is 0. The number of hydrogen-bond donors (Lipinski definition) is 0. The van der Waals surface area contributed by atoms with Gasteiger partial charge in [-0.3, -0.25) is 0 Å². The second-order valence-electron chi connectivity index (χ2n) is 6.37. The van der Waals surface area contributed by atoms with E-state index in [1.54, 1.807) is 0 Å². The zero-order valence-electron chi connectivity index (χ0n) is 11.9. The predicted octanol–water partition coefficient (Wildman–Crippen LogP) is 4.63. The molecule has 0 amide bonds. The fraction of sp³-hybridized carbons (Fsp3) is 0.235. The summed E-state index contributed by atoms with van der Waals surface area (Å²) in [6.07, 6.45) is 9.20. The van der Waals surface area contributed by atoms with Gasteiger partial charge in [0.1, 0.15) is 0 Å². The van der Waals surface area contributed by atoms with Crippen LogP contribution in [0.3, 0.4) is 0 Å². The van der Waals surface area contributed by atoms with Crippen molar-refractivity contribution in [2.45, 2.75) is 21.6 Å². The van der Waals surface area contributed by atoms with E-state index in [1.165, 1.54) is 11.1 Å². The minimum absolute atomic E-state index is 0.547. The molecule has 0 fully saturated rings. The maximum absolute atomic E-state index is 2.94. The second kappa shape index (κ2) is 4.16. The van der Waals surface area contributed by atoms with Crippen molar-refractivity contribution in [3.63, 3.8) is 0 Å². The Morgan fingerprint density at radius 3 is 2.42 bits per heavy atom. The van der Waals surface area contributed by atoms with E-state index in [2.05, 4.69) is 85.7 Å². The van der Waals surface area contributed by atoms with Gasteiger partial charge in [-0.1, -0.05) is 0 Å². The van der Waals surface area contributed by atoms with Crippen LogP contribution in [0.4, 0.5) is 0 Å². The number of aromatic nitrogens is 1. The van der Waals surface area contributed by atoms with Crippen LogP contribution >= 0.6 is 0 Å². The summed E-state index contributed by atoms with van der Waals surface area (Å²) in [6, 6.07) is 13.1. The number of rotatable bonds is 2. The molecule has 1 aliphatic rings.